The van der Waals surface area contributed by atoms with Crippen LogP contribution in [0.3, 0.4) is 0 Å². The molecule has 0 amide bonds. The molecule has 2 N–H and O–H groups in total. The zero-order valence-corrected chi connectivity index (χ0v) is 17.0. The Morgan fingerprint density at radius 2 is 1.24 bits per heavy atom. The minimum atomic E-state index is 0.176. The monoisotopic (exact) mass is 360 g/mol. The number of phenolic OH excluding ortho intramolecular Hbond substituents is 2. The smallest absolute Gasteiger partial charge is 0.122 e. The van der Waals surface area contributed by atoms with Crippen LogP contribution in [-0.4, -0.2) is 10.2 Å². The van der Waals surface area contributed by atoms with Crippen LogP contribution in [0.25, 0.3) is 0 Å². The van der Waals surface area contributed by atoms with Gasteiger partial charge in [-0.1, -0.05) is 45.4 Å². The first kappa shape index (κ1) is 19.7. The first-order chi connectivity index (χ1) is 11.6. The number of phenols is 2. The maximum absolute atomic E-state index is 10.8. The average Bonchev–Trinajstić information content (AvgIpc) is 2.53. The number of hydrogen-bond donors (Lipinski definition) is 2. The van der Waals surface area contributed by atoms with Crippen molar-refractivity contribution in [1.82, 2.24) is 0 Å². The molecule has 0 fully saturated rings. The lowest BCUT2D eigenvalue weighted by molar-refractivity contribution is 0.451. The van der Waals surface area contributed by atoms with Gasteiger partial charge in [-0.25, -0.2) is 0 Å². The topological polar surface area (TPSA) is 40.5 Å². The Morgan fingerprint density at radius 1 is 0.800 bits per heavy atom. The molecule has 0 bridgehead atoms. The van der Waals surface area contributed by atoms with Crippen molar-refractivity contribution in [2.45, 2.75) is 66.7 Å². The standard InChI is InChI=1S/C22H29ClO2/c1-11(2)16-8-13(5)14(6)18(21(16)24)9-19-15(7)20(23)10-17(12(3)4)22(19)25/h8,10-12,24-25H,9H2,1-7H3. The second-order valence-electron chi connectivity index (χ2n) is 7.62. The number of rotatable bonds is 4. The van der Waals surface area contributed by atoms with Crippen molar-refractivity contribution >= 4 is 11.6 Å². The molecule has 0 saturated carbocycles. The minimum absolute atomic E-state index is 0.176. The maximum atomic E-state index is 10.8. The number of hydrogen-bond acceptors (Lipinski definition) is 2. The first-order valence-electron chi connectivity index (χ1n) is 8.88. The zero-order valence-electron chi connectivity index (χ0n) is 16.3. The Balaban J connectivity index is 2.69. The largest absolute Gasteiger partial charge is 0.507 e. The molecule has 0 unspecified atom stereocenters. The van der Waals surface area contributed by atoms with E-state index in [0.717, 1.165) is 38.9 Å². The SMILES string of the molecule is Cc1cc(C(C)C)c(O)c(Cc2c(C)c(Cl)cc(C(C)C)c2O)c1C. The van der Waals surface area contributed by atoms with E-state index in [-0.39, 0.29) is 11.8 Å². The average molecular weight is 361 g/mol. The third-order valence-corrected chi connectivity index (χ3v) is 5.62. The molecule has 2 aromatic carbocycles. The fourth-order valence-electron chi connectivity index (χ4n) is 3.30. The van der Waals surface area contributed by atoms with E-state index in [0.29, 0.717) is 22.9 Å². The molecule has 0 aromatic heterocycles. The van der Waals surface area contributed by atoms with Gasteiger partial charge in [-0.05, 0) is 66.5 Å². The molecule has 2 aromatic rings. The van der Waals surface area contributed by atoms with E-state index in [1.807, 2.05) is 33.8 Å². The van der Waals surface area contributed by atoms with Gasteiger partial charge < -0.3 is 10.2 Å². The van der Waals surface area contributed by atoms with E-state index in [9.17, 15) is 10.2 Å². The molecule has 136 valence electrons. The van der Waals surface area contributed by atoms with Crippen LogP contribution in [0, 0.1) is 20.8 Å². The quantitative estimate of drug-likeness (QED) is 0.652. The van der Waals surface area contributed by atoms with Crippen LogP contribution in [0.15, 0.2) is 12.1 Å². The second kappa shape index (κ2) is 7.29. The molecule has 0 aliphatic carbocycles. The summed E-state index contributed by atoms with van der Waals surface area (Å²) in [7, 11) is 0. The summed E-state index contributed by atoms with van der Waals surface area (Å²) in [4.78, 5) is 0. The van der Waals surface area contributed by atoms with E-state index in [1.54, 1.807) is 0 Å². The van der Waals surface area contributed by atoms with E-state index in [4.69, 9.17) is 11.6 Å². The van der Waals surface area contributed by atoms with Crippen LogP contribution in [0.4, 0.5) is 0 Å². The Bertz CT molecular complexity index is 737. The summed E-state index contributed by atoms with van der Waals surface area (Å²) < 4.78 is 0. The van der Waals surface area contributed by atoms with Gasteiger partial charge in [0.15, 0.2) is 0 Å². The van der Waals surface area contributed by atoms with E-state index in [1.165, 1.54) is 0 Å². The summed E-state index contributed by atoms with van der Waals surface area (Å²) in [6.45, 7) is 14.2. The van der Waals surface area contributed by atoms with Gasteiger partial charge in [-0.2, -0.15) is 0 Å². The summed E-state index contributed by atoms with van der Waals surface area (Å²) in [5.74, 6) is 1.04. The Kier molecular flexibility index (Phi) is 5.73. The fourth-order valence-corrected chi connectivity index (χ4v) is 3.53. The Morgan fingerprint density at radius 3 is 1.72 bits per heavy atom. The van der Waals surface area contributed by atoms with Crippen LogP contribution < -0.4 is 0 Å². The van der Waals surface area contributed by atoms with Crippen molar-refractivity contribution in [3.8, 4) is 11.5 Å². The Labute approximate surface area is 156 Å². The van der Waals surface area contributed by atoms with Crippen molar-refractivity contribution < 1.29 is 10.2 Å². The van der Waals surface area contributed by atoms with Gasteiger partial charge in [-0.15, -0.1) is 0 Å². The summed E-state index contributed by atoms with van der Waals surface area (Å²) in [5.41, 5.74) is 6.55. The molecule has 25 heavy (non-hydrogen) atoms. The lowest BCUT2D eigenvalue weighted by Crippen LogP contribution is -2.03. The highest BCUT2D eigenvalue weighted by atomic mass is 35.5. The van der Waals surface area contributed by atoms with Crippen molar-refractivity contribution in [2.24, 2.45) is 0 Å². The van der Waals surface area contributed by atoms with Crippen LogP contribution in [0.5, 0.6) is 11.5 Å². The second-order valence-corrected chi connectivity index (χ2v) is 8.03. The number of benzene rings is 2. The minimum Gasteiger partial charge on any atom is -0.507 e. The molecule has 0 saturated heterocycles. The predicted octanol–water partition coefficient (Wildman–Crippen LogP) is 6.51. The molecule has 0 radical (unpaired) electrons. The van der Waals surface area contributed by atoms with Gasteiger partial charge in [0, 0.05) is 22.6 Å². The number of aromatic hydroxyl groups is 2. The van der Waals surface area contributed by atoms with Crippen LogP contribution >= 0.6 is 11.6 Å². The lowest BCUT2D eigenvalue weighted by Gasteiger charge is -2.21. The van der Waals surface area contributed by atoms with Crippen molar-refractivity contribution in [2.75, 3.05) is 0 Å². The third-order valence-electron chi connectivity index (χ3n) is 5.23. The first-order valence-corrected chi connectivity index (χ1v) is 9.26. The zero-order chi connectivity index (χ0) is 19.0. The lowest BCUT2D eigenvalue weighted by atomic mass is 9.87. The van der Waals surface area contributed by atoms with Gasteiger partial charge in [0.25, 0.3) is 0 Å². The van der Waals surface area contributed by atoms with Crippen molar-refractivity contribution in [1.29, 1.82) is 0 Å². The summed E-state index contributed by atoms with van der Waals surface area (Å²) in [5, 5.41) is 22.3. The molecule has 2 rings (SSSR count). The number of halogens is 1. The van der Waals surface area contributed by atoms with E-state index < -0.39 is 0 Å². The van der Waals surface area contributed by atoms with E-state index in [2.05, 4.69) is 26.8 Å². The fraction of sp³-hybridized carbons (Fsp3) is 0.455. The van der Waals surface area contributed by atoms with Gasteiger partial charge in [0.05, 0.1) is 0 Å². The highest BCUT2D eigenvalue weighted by Crippen LogP contribution is 2.40. The van der Waals surface area contributed by atoms with Crippen LogP contribution in [0.2, 0.25) is 5.02 Å². The van der Waals surface area contributed by atoms with Gasteiger partial charge in [-0.3, -0.25) is 0 Å². The Hall–Kier alpha value is -1.67. The molecule has 0 heterocycles. The normalized spacial score (nSPS) is 11.6. The molecular weight excluding hydrogens is 332 g/mol. The molecule has 0 atom stereocenters. The molecule has 0 aliphatic rings. The molecule has 0 spiro atoms. The van der Waals surface area contributed by atoms with Gasteiger partial charge in [0.2, 0.25) is 0 Å². The summed E-state index contributed by atoms with van der Waals surface area (Å²) in [6, 6.07) is 3.91. The third kappa shape index (κ3) is 3.64. The van der Waals surface area contributed by atoms with Gasteiger partial charge in [0.1, 0.15) is 11.5 Å². The van der Waals surface area contributed by atoms with E-state index >= 15 is 0 Å². The van der Waals surface area contributed by atoms with Crippen molar-refractivity contribution in [3.63, 3.8) is 0 Å². The highest BCUT2D eigenvalue weighted by molar-refractivity contribution is 6.31. The highest BCUT2D eigenvalue weighted by Gasteiger charge is 2.21. The molecule has 0 aliphatic heterocycles. The molecule has 2 nitrogen and oxygen atoms in total. The van der Waals surface area contributed by atoms with Gasteiger partial charge >= 0.3 is 0 Å². The maximum Gasteiger partial charge on any atom is 0.122 e. The number of aryl methyl sites for hydroxylation is 1. The predicted molar refractivity (Wildman–Crippen MR) is 106 cm³/mol. The summed E-state index contributed by atoms with van der Waals surface area (Å²) in [6.07, 6.45) is 0.469. The molecule has 3 heteroatoms. The van der Waals surface area contributed by atoms with Crippen molar-refractivity contribution in [3.05, 3.63) is 56.1 Å². The van der Waals surface area contributed by atoms with Crippen LogP contribution in [-0.2, 0) is 6.42 Å². The summed E-state index contributed by atoms with van der Waals surface area (Å²) >= 11 is 6.42. The van der Waals surface area contributed by atoms with Crippen LogP contribution in [0.1, 0.15) is 78.5 Å². The molecular formula is C22H29ClO2.